The number of benzene rings is 1. The molecule has 2 N–H and O–H groups in total. The third-order valence-electron chi connectivity index (χ3n) is 6.71. The van der Waals surface area contributed by atoms with Gasteiger partial charge >= 0.3 is 5.97 Å². The first-order valence-corrected chi connectivity index (χ1v) is 13.1. The van der Waals surface area contributed by atoms with E-state index in [9.17, 15) is 14.3 Å². The van der Waals surface area contributed by atoms with Gasteiger partial charge in [-0.05, 0) is 73.6 Å². The Morgan fingerprint density at radius 1 is 1.15 bits per heavy atom. The van der Waals surface area contributed by atoms with Crippen molar-refractivity contribution in [2.24, 2.45) is 5.92 Å². The van der Waals surface area contributed by atoms with Crippen molar-refractivity contribution in [1.29, 1.82) is 0 Å². The number of rotatable bonds is 13. The summed E-state index contributed by atoms with van der Waals surface area (Å²) in [5.74, 6) is -0.170. The number of hydrogen-bond donors (Lipinski definition) is 2. The minimum absolute atomic E-state index is 0.00577. The van der Waals surface area contributed by atoms with E-state index in [1.165, 1.54) is 16.9 Å². The fourth-order valence-corrected chi connectivity index (χ4v) is 5.82. The van der Waals surface area contributed by atoms with Gasteiger partial charge in [0.25, 0.3) is 0 Å². The molecule has 182 valence electrons. The maximum absolute atomic E-state index is 14.7. The van der Waals surface area contributed by atoms with E-state index in [2.05, 4.69) is 19.1 Å². The van der Waals surface area contributed by atoms with Crippen LogP contribution in [0, 0.1) is 5.92 Å². The van der Waals surface area contributed by atoms with Crippen molar-refractivity contribution in [1.82, 2.24) is 0 Å². The Labute approximate surface area is 200 Å². The van der Waals surface area contributed by atoms with Crippen LogP contribution in [-0.2, 0) is 11.2 Å². The molecule has 0 spiro atoms. The molecule has 33 heavy (non-hydrogen) atoms. The zero-order valence-corrected chi connectivity index (χ0v) is 20.4. The Morgan fingerprint density at radius 3 is 2.67 bits per heavy atom. The topological polar surface area (TPSA) is 66.8 Å². The van der Waals surface area contributed by atoms with Crippen LogP contribution in [0.1, 0.15) is 96.0 Å². The monoisotopic (exact) mass is 476 g/mol. The van der Waals surface area contributed by atoms with Crippen LogP contribution in [-0.4, -0.2) is 35.6 Å². The van der Waals surface area contributed by atoms with Gasteiger partial charge in [0.1, 0.15) is 17.7 Å². The van der Waals surface area contributed by atoms with E-state index in [0.29, 0.717) is 11.3 Å². The van der Waals surface area contributed by atoms with Crippen LogP contribution in [0.25, 0.3) is 0 Å². The highest BCUT2D eigenvalue weighted by atomic mass is 32.1. The van der Waals surface area contributed by atoms with Crippen LogP contribution >= 0.6 is 11.3 Å². The molecule has 6 heteroatoms. The molecule has 4 nitrogen and oxygen atoms in total. The molecule has 3 unspecified atom stereocenters. The number of aliphatic hydroxyl groups is 2. The second-order valence-corrected chi connectivity index (χ2v) is 10.2. The lowest BCUT2D eigenvalue weighted by molar-refractivity contribution is 0.0439. The first kappa shape index (κ1) is 25.9. The number of halogens is 1. The number of thiophene rings is 1. The molecular weight excluding hydrogens is 439 g/mol. The van der Waals surface area contributed by atoms with E-state index in [1.807, 2.05) is 18.2 Å². The fraction of sp³-hybridized carbons (Fsp3) is 0.593. The summed E-state index contributed by atoms with van der Waals surface area (Å²) < 4.78 is 19.7. The molecule has 1 heterocycles. The van der Waals surface area contributed by atoms with Crippen molar-refractivity contribution < 1.29 is 24.1 Å². The van der Waals surface area contributed by atoms with Crippen molar-refractivity contribution in [2.45, 2.75) is 82.9 Å². The molecule has 0 radical (unpaired) electrons. The lowest BCUT2D eigenvalue weighted by Crippen LogP contribution is -2.15. The van der Waals surface area contributed by atoms with Crippen LogP contribution in [0.3, 0.4) is 0 Å². The standard InChI is InChI=1S/C27H37FO4S/c1-2-3-4-8-25(30)20-11-9-19(10-12-20)22-14-15-24(28)23(22)7-5-6-21-13-16-26(33-21)27(31)32-18-17-29/h9-13,16,22-25,29-30H,2-8,14-15,17-18H2,1H3/t22?,23-,24?,25?/m1/s1. The average molecular weight is 477 g/mol. The largest absolute Gasteiger partial charge is 0.459 e. The van der Waals surface area contributed by atoms with Gasteiger partial charge in [-0.15, -0.1) is 11.3 Å². The maximum atomic E-state index is 14.7. The van der Waals surface area contributed by atoms with Gasteiger partial charge in [-0.1, -0.05) is 50.5 Å². The van der Waals surface area contributed by atoms with Gasteiger partial charge in [-0.3, -0.25) is 0 Å². The first-order valence-electron chi connectivity index (χ1n) is 12.3. The summed E-state index contributed by atoms with van der Waals surface area (Å²) in [5, 5.41) is 19.2. The van der Waals surface area contributed by atoms with E-state index < -0.39 is 18.2 Å². The molecule has 4 atom stereocenters. The third-order valence-corrected chi connectivity index (χ3v) is 7.84. The number of esters is 1. The second kappa shape index (κ2) is 13.2. The molecule has 1 aliphatic carbocycles. The number of ether oxygens (including phenoxy) is 1. The number of carbonyl (C=O) groups excluding carboxylic acids is 1. The van der Waals surface area contributed by atoms with Crippen molar-refractivity contribution in [3.8, 4) is 0 Å². The normalized spacial score (nSPS) is 21.3. The van der Waals surface area contributed by atoms with Crippen LogP contribution in [0.4, 0.5) is 4.39 Å². The highest BCUT2D eigenvalue weighted by Gasteiger charge is 2.36. The van der Waals surface area contributed by atoms with Gasteiger partial charge in [0.2, 0.25) is 0 Å². The number of aliphatic hydroxyl groups excluding tert-OH is 2. The van der Waals surface area contributed by atoms with Crippen molar-refractivity contribution >= 4 is 17.3 Å². The van der Waals surface area contributed by atoms with Crippen molar-refractivity contribution in [2.75, 3.05) is 13.2 Å². The Kier molecular flexibility index (Phi) is 10.4. The number of carbonyl (C=O) groups is 1. The second-order valence-electron chi connectivity index (χ2n) is 9.06. The summed E-state index contributed by atoms with van der Waals surface area (Å²) in [7, 11) is 0. The summed E-state index contributed by atoms with van der Waals surface area (Å²) in [6.07, 6.45) is 6.88. The predicted molar refractivity (Wildman–Crippen MR) is 131 cm³/mol. The molecule has 1 aromatic carbocycles. The predicted octanol–water partition coefficient (Wildman–Crippen LogP) is 6.37. The van der Waals surface area contributed by atoms with E-state index in [1.54, 1.807) is 6.07 Å². The summed E-state index contributed by atoms with van der Waals surface area (Å²) >= 11 is 1.41. The smallest absolute Gasteiger partial charge is 0.348 e. The summed E-state index contributed by atoms with van der Waals surface area (Å²) in [4.78, 5) is 13.5. The zero-order valence-electron chi connectivity index (χ0n) is 19.5. The van der Waals surface area contributed by atoms with Crippen molar-refractivity contribution in [3.05, 3.63) is 57.3 Å². The summed E-state index contributed by atoms with van der Waals surface area (Å²) in [6, 6.07) is 11.9. The van der Waals surface area contributed by atoms with Crippen LogP contribution in [0.2, 0.25) is 0 Å². The molecule has 1 aromatic heterocycles. The Morgan fingerprint density at radius 2 is 1.94 bits per heavy atom. The summed E-state index contributed by atoms with van der Waals surface area (Å²) in [6.45, 7) is 1.98. The summed E-state index contributed by atoms with van der Waals surface area (Å²) in [5.41, 5.74) is 2.13. The Balaban J connectivity index is 1.52. The molecule has 1 aliphatic rings. The minimum atomic E-state index is -0.776. The average Bonchev–Trinajstić information content (AvgIpc) is 3.45. The molecule has 0 bridgehead atoms. The highest BCUT2D eigenvalue weighted by molar-refractivity contribution is 7.13. The van der Waals surface area contributed by atoms with Gasteiger partial charge in [0.15, 0.2) is 0 Å². The highest BCUT2D eigenvalue weighted by Crippen LogP contribution is 2.44. The number of unbranched alkanes of at least 4 members (excludes halogenated alkanes) is 2. The van der Waals surface area contributed by atoms with E-state index in [4.69, 9.17) is 9.84 Å². The molecule has 1 fully saturated rings. The Bertz CT molecular complexity index is 850. The number of alkyl halides is 1. The van der Waals surface area contributed by atoms with Gasteiger partial charge in [0, 0.05) is 4.88 Å². The molecule has 0 amide bonds. The van der Waals surface area contributed by atoms with E-state index in [0.717, 1.165) is 61.8 Å². The fourth-order valence-electron chi connectivity index (χ4n) is 4.88. The van der Waals surface area contributed by atoms with Gasteiger partial charge in [0.05, 0.1) is 12.7 Å². The third kappa shape index (κ3) is 7.36. The molecular formula is C27H37FO4S. The number of aryl methyl sites for hydroxylation is 1. The van der Waals surface area contributed by atoms with Crippen molar-refractivity contribution in [3.63, 3.8) is 0 Å². The molecule has 2 aromatic rings. The van der Waals surface area contributed by atoms with E-state index in [-0.39, 0.29) is 25.0 Å². The van der Waals surface area contributed by atoms with Gasteiger partial charge in [-0.25, -0.2) is 9.18 Å². The Hall–Kier alpha value is -1.76. The van der Waals surface area contributed by atoms with Crippen LogP contribution in [0.15, 0.2) is 36.4 Å². The van der Waals surface area contributed by atoms with Crippen LogP contribution in [0.5, 0.6) is 0 Å². The number of hydrogen-bond acceptors (Lipinski definition) is 5. The first-order chi connectivity index (χ1) is 16.0. The molecule has 1 saturated carbocycles. The van der Waals surface area contributed by atoms with E-state index >= 15 is 0 Å². The maximum Gasteiger partial charge on any atom is 0.348 e. The zero-order chi connectivity index (χ0) is 23.6. The van der Waals surface area contributed by atoms with Gasteiger partial charge < -0.3 is 14.9 Å². The van der Waals surface area contributed by atoms with Crippen LogP contribution < -0.4 is 0 Å². The SMILES string of the molecule is CCCCCC(O)c1ccc(C2CCC(F)[C@@H]2CCCc2ccc(C(=O)OCCO)s2)cc1. The van der Waals surface area contributed by atoms with Gasteiger partial charge in [-0.2, -0.15) is 0 Å². The quantitative estimate of drug-likeness (QED) is 0.261. The lowest BCUT2D eigenvalue weighted by Gasteiger charge is -2.22. The lowest BCUT2D eigenvalue weighted by atomic mass is 9.84. The minimum Gasteiger partial charge on any atom is -0.459 e. The molecule has 3 rings (SSSR count). The molecule has 0 aliphatic heterocycles. The molecule has 0 saturated heterocycles.